The standard InChI is InChI=1S/C19H31FN4O2.HI/c1-14(24-8-9-26-13-15(24)2)11-22-19(21-3)23(4)12-16-6-7-18(25-5)17(20)10-16;/h6-7,10,14-15H,8-9,11-13H2,1-5H3,(H,21,22);1H. The Balaban J connectivity index is 0.00000364. The Morgan fingerprint density at radius 1 is 1.52 bits per heavy atom. The van der Waals surface area contributed by atoms with Gasteiger partial charge in [0.05, 0.1) is 20.3 Å². The zero-order valence-electron chi connectivity index (χ0n) is 16.9. The molecule has 0 saturated carbocycles. The Morgan fingerprint density at radius 2 is 2.26 bits per heavy atom. The van der Waals surface area contributed by atoms with Crippen molar-refractivity contribution in [3.8, 4) is 5.75 Å². The zero-order valence-corrected chi connectivity index (χ0v) is 19.2. The molecule has 0 bridgehead atoms. The fraction of sp³-hybridized carbons (Fsp3) is 0.632. The minimum atomic E-state index is -0.351. The third-order valence-electron chi connectivity index (χ3n) is 4.75. The van der Waals surface area contributed by atoms with Gasteiger partial charge < -0.3 is 19.7 Å². The van der Waals surface area contributed by atoms with Gasteiger partial charge in [0.2, 0.25) is 0 Å². The van der Waals surface area contributed by atoms with Crippen molar-refractivity contribution in [1.29, 1.82) is 0 Å². The molecule has 0 amide bonds. The lowest BCUT2D eigenvalue weighted by Crippen LogP contribution is -2.53. The Morgan fingerprint density at radius 3 is 2.85 bits per heavy atom. The summed E-state index contributed by atoms with van der Waals surface area (Å²) >= 11 is 0. The molecule has 0 aromatic heterocycles. The number of halogens is 2. The van der Waals surface area contributed by atoms with E-state index >= 15 is 0 Å². The quantitative estimate of drug-likeness (QED) is 0.375. The van der Waals surface area contributed by atoms with Crippen LogP contribution in [0.3, 0.4) is 0 Å². The Hall–Kier alpha value is -1.13. The first-order valence-corrected chi connectivity index (χ1v) is 9.04. The van der Waals surface area contributed by atoms with Gasteiger partial charge in [-0.25, -0.2) is 4.39 Å². The Bertz CT molecular complexity index is 617. The summed E-state index contributed by atoms with van der Waals surface area (Å²) in [7, 11) is 5.17. The number of morpholine rings is 1. The third-order valence-corrected chi connectivity index (χ3v) is 4.75. The summed E-state index contributed by atoms with van der Waals surface area (Å²) in [6.45, 7) is 8.26. The van der Waals surface area contributed by atoms with E-state index < -0.39 is 0 Å². The number of nitrogens with one attached hydrogen (secondary N) is 1. The molecule has 1 N–H and O–H groups in total. The minimum absolute atomic E-state index is 0. The van der Waals surface area contributed by atoms with Gasteiger partial charge in [-0.1, -0.05) is 6.07 Å². The van der Waals surface area contributed by atoms with Crippen LogP contribution in [0.2, 0.25) is 0 Å². The Labute approximate surface area is 179 Å². The second kappa shape index (κ2) is 11.7. The summed E-state index contributed by atoms with van der Waals surface area (Å²) in [6.07, 6.45) is 0. The molecule has 0 aliphatic carbocycles. The molecule has 154 valence electrons. The average molecular weight is 494 g/mol. The predicted molar refractivity (Wildman–Crippen MR) is 118 cm³/mol. The molecule has 0 radical (unpaired) electrons. The fourth-order valence-electron chi connectivity index (χ4n) is 3.29. The molecule has 1 aliphatic heterocycles. The predicted octanol–water partition coefficient (Wildman–Crippen LogP) is 2.57. The van der Waals surface area contributed by atoms with Crippen LogP contribution in [0.4, 0.5) is 4.39 Å². The number of guanidine groups is 1. The number of hydrogen-bond acceptors (Lipinski definition) is 4. The summed E-state index contributed by atoms with van der Waals surface area (Å²) in [5, 5.41) is 3.42. The molecule has 2 unspecified atom stereocenters. The number of rotatable bonds is 6. The van der Waals surface area contributed by atoms with E-state index in [1.54, 1.807) is 13.1 Å². The van der Waals surface area contributed by atoms with Gasteiger partial charge in [0.15, 0.2) is 17.5 Å². The molecule has 1 saturated heterocycles. The minimum Gasteiger partial charge on any atom is -0.494 e. The topological polar surface area (TPSA) is 49.3 Å². The van der Waals surface area contributed by atoms with Crippen LogP contribution < -0.4 is 10.1 Å². The van der Waals surface area contributed by atoms with E-state index in [0.717, 1.165) is 37.8 Å². The lowest BCUT2D eigenvalue weighted by Gasteiger charge is -2.38. The van der Waals surface area contributed by atoms with E-state index in [1.165, 1.54) is 13.2 Å². The zero-order chi connectivity index (χ0) is 19.1. The molecule has 8 heteroatoms. The van der Waals surface area contributed by atoms with E-state index in [0.29, 0.717) is 18.6 Å². The maximum absolute atomic E-state index is 13.9. The number of hydrogen-bond donors (Lipinski definition) is 1. The van der Waals surface area contributed by atoms with Crippen molar-refractivity contribution < 1.29 is 13.9 Å². The Kier molecular flexibility index (Phi) is 10.3. The first-order chi connectivity index (χ1) is 12.5. The maximum Gasteiger partial charge on any atom is 0.193 e. The van der Waals surface area contributed by atoms with Gasteiger partial charge in [-0.2, -0.15) is 0 Å². The van der Waals surface area contributed by atoms with Crippen LogP contribution in [-0.4, -0.2) is 75.4 Å². The van der Waals surface area contributed by atoms with Gasteiger partial charge in [0.25, 0.3) is 0 Å². The molecule has 2 rings (SSSR count). The van der Waals surface area contributed by atoms with Crippen molar-refractivity contribution in [3.05, 3.63) is 29.6 Å². The average Bonchev–Trinajstić information content (AvgIpc) is 2.62. The van der Waals surface area contributed by atoms with E-state index in [4.69, 9.17) is 9.47 Å². The smallest absolute Gasteiger partial charge is 0.193 e. The molecule has 1 aliphatic rings. The lowest BCUT2D eigenvalue weighted by atomic mass is 10.2. The summed E-state index contributed by atoms with van der Waals surface area (Å²) < 4.78 is 24.3. The largest absolute Gasteiger partial charge is 0.494 e. The molecule has 1 fully saturated rings. The molecule has 1 aromatic carbocycles. The number of aliphatic imine (C=N–C) groups is 1. The maximum atomic E-state index is 13.9. The molecular formula is C19H32FIN4O2. The van der Waals surface area contributed by atoms with Gasteiger partial charge in [-0.15, -0.1) is 24.0 Å². The second-order valence-corrected chi connectivity index (χ2v) is 6.76. The summed E-state index contributed by atoms with van der Waals surface area (Å²) in [5.41, 5.74) is 0.864. The van der Waals surface area contributed by atoms with Crippen LogP contribution in [-0.2, 0) is 11.3 Å². The SMILES string of the molecule is CN=C(NCC(C)N1CCOCC1C)N(C)Cc1ccc(OC)c(F)c1.I. The monoisotopic (exact) mass is 494 g/mol. The van der Waals surface area contributed by atoms with Crippen LogP contribution in [0.1, 0.15) is 19.4 Å². The van der Waals surface area contributed by atoms with Crippen LogP contribution in [0.15, 0.2) is 23.2 Å². The van der Waals surface area contributed by atoms with Crippen molar-refractivity contribution in [1.82, 2.24) is 15.1 Å². The van der Waals surface area contributed by atoms with Gasteiger partial charge in [-0.05, 0) is 31.5 Å². The highest BCUT2D eigenvalue weighted by Gasteiger charge is 2.23. The molecule has 1 heterocycles. The molecule has 27 heavy (non-hydrogen) atoms. The first kappa shape index (κ1) is 23.9. The summed E-state index contributed by atoms with van der Waals surface area (Å²) in [5.74, 6) is 0.692. The van der Waals surface area contributed by atoms with Gasteiger partial charge >= 0.3 is 0 Å². The summed E-state index contributed by atoms with van der Waals surface area (Å²) in [4.78, 5) is 8.78. The number of nitrogens with zero attached hydrogens (tertiary/aromatic N) is 3. The normalized spacial score (nSPS) is 19.2. The summed E-state index contributed by atoms with van der Waals surface area (Å²) in [6, 6.07) is 5.81. The first-order valence-electron chi connectivity index (χ1n) is 9.04. The number of ether oxygens (including phenoxy) is 2. The highest BCUT2D eigenvalue weighted by molar-refractivity contribution is 14.0. The third kappa shape index (κ3) is 6.76. The van der Waals surface area contributed by atoms with Crippen LogP contribution >= 0.6 is 24.0 Å². The van der Waals surface area contributed by atoms with Crippen LogP contribution in [0.5, 0.6) is 5.75 Å². The van der Waals surface area contributed by atoms with Crippen molar-refractivity contribution in [2.45, 2.75) is 32.5 Å². The highest BCUT2D eigenvalue weighted by atomic mass is 127. The highest BCUT2D eigenvalue weighted by Crippen LogP contribution is 2.18. The molecular weight excluding hydrogens is 462 g/mol. The fourth-order valence-corrected chi connectivity index (χ4v) is 3.29. The van der Waals surface area contributed by atoms with Crippen molar-refractivity contribution in [3.63, 3.8) is 0 Å². The van der Waals surface area contributed by atoms with Crippen molar-refractivity contribution in [2.75, 3.05) is 47.5 Å². The van der Waals surface area contributed by atoms with Crippen LogP contribution in [0, 0.1) is 5.82 Å². The van der Waals surface area contributed by atoms with E-state index in [1.807, 2.05) is 18.0 Å². The van der Waals surface area contributed by atoms with E-state index in [9.17, 15) is 4.39 Å². The second-order valence-electron chi connectivity index (χ2n) is 6.76. The molecule has 0 spiro atoms. The van der Waals surface area contributed by atoms with E-state index in [2.05, 4.69) is 29.1 Å². The number of benzene rings is 1. The van der Waals surface area contributed by atoms with Gasteiger partial charge in [0, 0.05) is 45.8 Å². The molecule has 6 nitrogen and oxygen atoms in total. The van der Waals surface area contributed by atoms with Crippen molar-refractivity contribution in [2.24, 2.45) is 4.99 Å². The van der Waals surface area contributed by atoms with Gasteiger partial charge in [0.1, 0.15) is 0 Å². The number of methoxy groups -OCH3 is 1. The molecule has 1 aromatic rings. The van der Waals surface area contributed by atoms with Crippen molar-refractivity contribution >= 4 is 29.9 Å². The van der Waals surface area contributed by atoms with Crippen LogP contribution in [0.25, 0.3) is 0 Å². The molecule has 2 atom stereocenters. The van der Waals surface area contributed by atoms with E-state index in [-0.39, 0.29) is 35.5 Å². The van der Waals surface area contributed by atoms with Gasteiger partial charge in [-0.3, -0.25) is 9.89 Å². The lowest BCUT2D eigenvalue weighted by molar-refractivity contribution is -0.0175.